The topological polar surface area (TPSA) is 38.0 Å². The number of halogens is 2. The average molecular weight is 406 g/mol. The maximum Gasteiger partial charge on any atom is 0.106 e. The highest BCUT2D eigenvalue weighted by Gasteiger charge is 2.07. The van der Waals surface area contributed by atoms with Gasteiger partial charge in [-0.3, -0.25) is 0 Å². The Balaban J connectivity index is 2.19. The molecule has 0 atom stereocenters. The molecular weight excluding hydrogens is 396 g/mol. The summed E-state index contributed by atoms with van der Waals surface area (Å²) in [5, 5.41) is 5.41. The summed E-state index contributed by atoms with van der Waals surface area (Å²) >= 11 is 13.7. The highest BCUT2D eigenvalue weighted by Crippen LogP contribution is 2.26. The molecule has 6 heteroatoms. The molecule has 0 saturated carbocycles. The molecule has 2 nitrogen and oxygen atoms in total. The van der Waals surface area contributed by atoms with Crippen LogP contribution in [0, 0.1) is 0 Å². The molecule has 2 aromatic rings. The van der Waals surface area contributed by atoms with Gasteiger partial charge in [0.1, 0.15) is 4.99 Å². The maximum absolute atomic E-state index is 5.73. The summed E-state index contributed by atoms with van der Waals surface area (Å²) in [6.07, 6.45) is 0. The van der Waals surface area contributed by atoms with Crippen molar-refractivity contribution in [1.82, 2.24) is 0 Å². The van der Waals surface area contributed by atoms with Crippen LogP contribution in [0.5, 0.6) is 0 Å². The SMILES string of the molecule is NC(=S)c1cc(Br)ccc1NCc1sccc1Br. The first-order chi connectivity index (χ1) is 8.58. The maximum atomic E-state index is 5.73. The van der Waals surface area contributed by atoms with Crippen LogP contribution in [0.2, 0.25) is 0 Å². The normalized spacial score (nSPS) is 10.3. The monoisotopic (exact) mass is 404 g/mol. The van der Waals surface area contributed by atoms with Crippen molar-refractivity contribution in [2.24, 2.45) is 5.73 Å². The molecule has 18 heavy (non-hydrogen) atoms. The number of hydrogen-bond donors (Lipinski definition) is 2. The van der Waals surface area contributed by atoms with Crippen molar-refractivity contribution in [3.05, 3.63) is 49.0 Å². The van der Waals surface area contributed by atoms with Crippen molar-refractivity contribution in [2.75, 3.05) is 5.32 Å². The van der Waals surface area contributed by atoms with E-state index in [1.165, 1.54) is 4.88 Å². The molecule has 0 saturated heterocycles. The molecule has 0 aliphatic rings. The van der Waals surface area contributed by atoms with Crippen molar-refractivity contribution in [3.63, 3.8) is 0 Å². The van der Waals surface area contributed by atoms with E-state index in [-0.39, 0.29) is 0 Å². The van der Waals surface area contributed by atoms with Crippen molar-refractivity contribution < 1.29 is 0 Å². The third kappa shape index (κ3) is 3.32. The van der Waals surface area contributed by atoms with Gasteiger partial charge in [0, 0.05) is 25.1 Å². The Morgan fingerprint density at radius 2 is 2.11 bits per heavy atom. The van der Waals surface area contributed by atoms with E-state index in [4.69, 9.17) is 18.0 Å². The van der Waals surface area contributed by atoms with Gasteiger partial charge >= 0.3 is 0 Å². The molecule has 0 amide bonds. The van der Waals surface area contributed by atoms with E-state index >= 15 is 0 Å². The van der Waals surface area contributed by atoms with E-state index in [9.17, 15) is 0 Å². The Morgan fingerprint density at radius 1 is 1.33 bits per heavy atom. The minimum absolute atomic E-state index is 0.393. The molecule has 1 aromatic carbocycles. The van der Waals surface area contributed by atoms with Crippen molar-refractivity contribution in [2.45, 2.75) is 6.54 Å². The highest BCUT2D eigenvalue weighted by atomic mass is 79.9. The van der Waals surface area contributed by atoms with E-state index in [1.54, 1.807) is 11.3 Å². The second kappa shape index (κ2) is 6.14. The van der Waals surface area contributed by atoms with Crippen LogP contribution in [-0.2, 0) is 6.54 Å². The minimum Gasteiger partial charge on any atom is -0.389 e. The van der Waals surface area contributed by atoms with Crippen LogP contribution in [-0.4, -0.2) is 4.99 Å². The third-order valence-electron chi connectivity index (χ3n) is 2.38. The second-order valence-corrected chi connectivity index (χ2v) is 6.81. The number of hydrogen-bond acceptors (Lipinski definition) is 3. The lowest BCUT2D eigenvalue weighted by atomic mass is 10.2. The fourth-order valence-corrected chi connectivity index (χ4v) is 3.46. The molecule has 94 valence electrons. The number of benzene rings is 1. The summed E-state index contributed by atoms with van der Waals surface area (Å²) in [4.78, 5) is 1.64. The van der Waals surface area contributed by atoms with Crippen molar-refractivity contribution in [1.29, 1.82) is 0 Å². The number of nitrogens with one attached hydrogen (secondary N) is 1. The molecule has 0 unspecified atom stereocenters. The van der Waals surface area contributed by atoms with Crippen LogP contribution >= 0.6 is 55.4 Å². The van der Waals surface area contributed by atoms with Gasteiger partial charge in [-0.1, -0.05) is 28.1 Å². The van der Waals surface area contributed by atoms with E-state index in [2.05, 4.69) is 42.6 Å². The predicted molar refractivity (Wildman–Crippen MR) is 89.4 cm³/mol. The molecule has 0 radical (unpaired) electrons. The molecule has 0 fully saturated rings. The van der Waals surface area contributed by atoms with Crippen LogP contribution < -0.4 is 11.1 Å². The lowest BCUT2D eigenvalue weighted by molar-refractivity contribution is 1.18. The van der Waals surface area contributed by atoms with E-state index < -0.39 is 0 Å². The van der Waals surface area contributed by atoms with Gasteiger partial charge in [-0.25, -0.2) is 0 Å². The molecule has 0 aliphatic carbocycles. The molecule has 0 bridgehead atoms. The average Bonchev–Trinajstić information content (AvgIpc) is 2.73. The Kier molecular flexibility index (Phi) is 4.77. The van der Waals surface area contributed by atoms with Crippen LogP contribution in [0.25, 0.3) is 0 Å². The van der Waals surface area contributed by atoms with Crippen LogP contribution in [0.15, 0.2) is 38.6 Å². The lowest BCUT2D eigenvalue weighted by Gasteiger charge is -2.11. The smallest absolute Gasteiger partial charge is 0.106 e. The minimum atomic E-state index is 0.393. The fraction of sp³-hybridized carbons (Fsp3) is 0.0833. The standard InChI is InChI=1S/C12H10Br2N2S2/c13-7-1-2-10(8(5-7)12(15)17)16-6-11-9(14)3-4-18-11/h1-5,16H,6H2,(H2,15,17). The van der Waals surface area contributed by atoms with Gasteiger partial charge in [0.05, 0.1) is 6.54 Å². The molecule has 2 rings (SSSR count). The number of thiophene rings is 1. The Bertz CT molecular complexity index is 581. The first-order valence-corrected chi connectivity index (χ1v) is 8.00. The Morgan fingerprint density at radius 3 is 2.72 bits per heavy atom. The molecule has 0 spiro atoms. The van der Waals surface area contributed by atoms with E-state index in [0.29, 0.717) is 4.99 Å². The Hall–Kier alpha value is -0.430. The van der Waals surface area contributed by atoms with E-state index in [1.807, 2.05) is 24.3 Å². The van der Waals surface area contributed by atoms with Gasteiger partial charge in [0.25, 0.3) is 0 Å². The molecule has 1 aromatic heterocycles. The zero-order valence-corrected chi connectivity index (χ0v) is 14.0. The van der Waals surface area contributed by atoms with Crippen LogP contribution in [0.4, 0.5) is 5.69 Å². The highest BCUT2D eigenvalue weighted by molar-refractivity contribution is 9.10. The summed E-state index contributed by atoms with van der Waals surface area (Å²) in [6.45, 7) is 0.746. The van der Waals surface area contributed by atoms with Crippen LogP contribution in [0.1, 0.15) is 10.4 Å². The zero-order valence-electron chi connectivity index (χ0n) is 9.24. The van der Waals surface area contributed by atoms with Gasteiger partial charge in [-0.05, 0) is 45.6 Å². The summed E-state index contributed by atoms with van der Waals surface area (Å²) in [6, 6.07) is 7.90. The van der Waals surface area contributed by atoms with Gasteiger partial charge in [0.15, 0.2) is 0 Å². The van der Waals surface area contributed by atoms with Gasteiger partial charge in [-0.15, -0.1) is 11.3 Å². The predicted octanol–water partition coefficient (Wildman–Crippen LogP) is 4.52. The summed E-state index contributed by atoms with van der Waals surface area (Å²) < 4.78 is 2.09. The van der Waals surface area contributed by atoms with Crippen LogP contribution in [0.3, 0.4) is 0 Å². The number of thiocarbonyl (C=S) groups is 1. The number of rotatable bonds is 4. The van der Waals surface area contributed by atoms with Gasteiger partial charge in [0.2, 0.25) is 0 Å². The second-order valence-electron chi connectivity index (χ2n) is 3.60. The fourth-order valence-electron chi connectivity index (χ4n) is 1.50. The number of anilines is 1. The molecule has 0 aliphatic heterocycles. The largest absolute Gasteiger partial charge is 0.389 e. The third-order valence-corrected chi connectivity index (χ3v) is 5.02. The van der Waals surface area contributed by atoms with Crippen molar-refractivity contribution in [3.8, 4) is 0 Å². The summed E-state index contributed by atoms with van der Waals surface area (Å²) in [5.74, 6) is 0. The summed E-state index contributed by atoms with van der Waals surface area (Å²) in [5.41, 5.74) is 7.53. The quantitative estimate of drug-likeness (QED) is 0.734. The van der Waals surface area contributed by atoms with E-state index in [0.717, 1.165) is 26.7 Å². The van der Waals surface area contributed by atoms with Gasteiger partial charge in [-0.2, -0.15) is 0 Å². The first kappa shape index (κ1) is 14.0. The van der Waals surface area contributed by atoms with Gasteiger partial charge < -0.3 is 11.1 Å². The first-order valence-electron chi connectivity index (χ1n) is 5.13. The molecule has 1 heterocycles. The zero-order chi connectivity index (χ0) is 13.1. The van der Waals surface area contributed by atoms with Crippen molar-refractivity contribution >= 4 is 66.1 Å². The Labute approximate surface area is 132 Å². The molecule has 3 N–H and O–H groups in total. The lowest BCUT2D eigenvalue weighted by Crippen LogP contribution is -2.13. The molecular formula is C12H10Br2N2S2. The summed E-state index contributed by atoms with van der Waals surface area (Å²) in [7, 11) is 0. The number of nitrogens with two attached hydrogens (primary N) is 1.